The van der Waals surface area contributed by atoms with Crippen molar-refractivity contribution in [1.29, 1.82) is 0 Å². The lowest BCUT2D eigenvalue weighted by Crippen LogP contribution is -2.60. The van der Waals surface area contributed by atoms with Crippen LogP contribution in [0.25, 0.3) is 0 Å². The second-order valence-corrected chi connectivity index (χ2v) is 24.3. The van der Waals surface area contributed by atoms with E-state index in [4.69, 9.17) is 9.47 Å². The lowest BCUT2D eigenvalue weighted by Gasteiger charge is -2.40. The van der Waals surface area contributed by atoms with Gasteiger partial charge in [0.05, 0.1) is 25.4 Å². The molecule has 7 unspecified atom stereocenters. The van der Waals surface area contributed by atoms with Crippen molar-refractivity contribution < 1.29 is 39.8 Å². The van der Waals surface area contributed by atoms with Crippen LogP contribution in [-0.4, -0.2) is 87.5 Å². The number of hydrogen-bond acceptors (Lipinski definition) is 8. The van der Waals surface area contributed by atoms with Crippen LogP contribution in [0.3, 0.4) is 0 Å². The monoisotopic (exact) mass is 1240 g/mol. The minimum atomic E-state index is -1.60. The highest BCUT2D eigenvalue weighted by molar-refractivity contribution is 5.76. The van der Waals surface area contributed by atoms with Crippen LogP contribution >= 0.6 is 0 Å². The first-order valence-electron chi connectivity index (χ1n) is 36.2. The van der Waals surface area contributed by atoms with Gasteiger partial charge >= 0.3 is 0 Å². The van der Waals surface area contributed by atoms with Crippen LogP contribution in [0.1, 0.15) is 284 Å². The molecule has 7 atom stereocenters. The van der Waals surface area contributed by atoms with E-state index in [-0.39, 0.29) is 18.9 Å². The molecule has 0 radical (unpaired) electrons. The fourth-order valence-corrected chi connectivity index (χ4v) is 10.5. The summed E-state index contributed by atoms with van der Waals surface area (Å²) in [6, 6.07) is -0.867. The zero-order chi connectivity index (χ0) is 64.2. The molecule has 1 heterocycles. The van der Waals surface area contributed by atoms with E-state index in [0.29, 0.717) is 12.8 Å². The van der Waals surface area contributed by atoms with Gasteiger partial charge in [0.25, 0.3) is 0 Å². The highest BCUT2D eigenvalue weighted by Gasteiger charge is 2.44. The van der Waals surface area contributed by atoms with Gasteiger partial charge < -0.3 is 40.3 Å². The molecule has 1 aliphatic heterocycles. The number of allylic oxidation sites excluding steroid dienone is 25. The third-order valence-corrected chi connectivity index (χ3v) is 16.1. The quantitative estimate of drug-likeness (QED) is 0.0261. The SMILES string of the molecule is CC/C=C\C/C=C\C/C=C\C/C=C\C/C=C\C/C=C\C/C=C\C/C=C\C/C=C\C/C=C\CCCCC(=O)NC(COC1OC(CO)C(O)C(O)C1O)C(O)/C=C/CC/C=C/CC/C=C/CCCCCCCCCCCCCCCCCCCCCCCCC. The largest absolute Gasteiger partial charge is 0.394 e. The number of carbonyl (C=O) groups excluding carboxylic acids is 1. The molecule has 1 fully saturated rings. The van der Waals surface area contributed by atoms with Crippen LogP contribution in [0.15, 0.2) is 158 Å². The fraction of sp³-hybridized carbons (Fsp3) is 0.662. The normalized spacial score (nSPS) is 18.8. The first-order chi connectivity index (χ1) is 43.8. The van der Waals surface area contributed by atoms with E-state index in [9.17, 15) is 30.3 Å². The summed E-state index contributed by atoms with van der Waals surface area (Å²) >= 11 is 0. The van der Waals surface area contributed by atoms with Crippen LogP contribution in [0.5, 0.6) is 0 Å². The minimum Gasteiger partial charge on any atom is -0.394 e. The molecule has 0 aromatic rings. The maximum atomic E-state index is 13.1. The number of rotatable bonds is 61. The van der Waals surface area contributed by atoms with E-state index in [0.717, 1.165) is 103 Å². The van der Waals surface area contributed by atoms with Crippen molar-refractivity contribution in [3.63, 3.8) is 0 Å². The predicted octanol–water partition coefficient (Wildman–Crippen LogP) is 20.3. The summed E-state index contributed by atoms with van der Waals surface area (Å²) in [6.45, 7) is 3.63. The van der Waals surface area contributed by atoms with Gasteiger partial charge in [0.15, 0.2) is 6.29 Å². The van der Waals surface area contributed by atoms with Gasteiger partial charge in [-0.3, -0.25) is 4.79 Å². The van der Waals surface area contributed by atoms with Crippen molar-refractivity contribution in [3.05, 3.63) is 158 Å². The summed E-state index contributed by atoms with van der Waals surface area (Å²) in [4.78, 5) is 13.1. The van der Waals surface area contributed by atoms with Crippen LogP contribution in [0, 0.1) is 0 Å². The van der Waals surface area contributed by atoms with Crippen molar-refractivity contribution in [1.82, 2.24) is 5.32 Å². The van der Waals surface area contributed by atoms with Crippen molar-refractivity contribution >= 4 is 5.91 Å². The third kappa shape index (κ3) is 55.2. The van der Waals surface area contributed by atoms with Crippen molar-refractivity contribution in [2.24, 2.45) is 0 Å². The topological polar surface area (TPSA) is 149 Å². The van der Waals surface area contributed by atoms with Crippen molar-refractivity contribution in [2.45, 2.75) is 326 Å². The van der Waals surface area contributed by atoms with Gasteiger partial charge in [-0.1, -0.05) is 313 Å². The Morgan fingerprint density at radius 3 is 1.08 bits per heavy atom. The smallest absolute Gasteiger partial charge is 0.220 e. The molecular weight excluding hydrogens is 1100 g/mol. The number of carbonyl (C=O) groups is 1. The molecular formula is C80H133NO8. The lowest BCUT2D eigenvalue weighted by atomic mass is 9.99. The highest BCUT2D eigenvalue weighted by Crippen LogP contribution is 2.23. The summed E-state index contributed by atoms with van der Waals surface area (Å²) in [5, 5.41) is 54.7. The van der Waals surface area contributed by atoms with Crippen molar-refractivity contribution in [2.75, 3.05) is 13.2 Å². The molecule has 0 saturated carbocycles. The number of aliphatic hydroxyl groups is 5. The number of hydrogen-bond donors (Lipinski definition) is 6. The maximum absolute atomic E-state index is 13.1. The molecule has 0 bridgehead atoms. The molecule has 9 nitrogen and oxygen atoms in total. The lowest BCUT2D eigenvalue weighted by molar-refractivity contribution is -0.302. The Kier molecular flexibility index (Phi) is 62.1. The number of unbranched alkanes of at least 4 members (excludes halogenated alkanes) is 27. The summed E-state index contributed by atoms with van der Waals surface area (Å²) in [7, 11) is 0. The van der Waals surface area contributed by atoms with Crippen LogP contribution in [0.4, 0.5) is 0 Å². The first-order valence-corrected chi connectivity index (χ1v) is 36.2. The Hall–Kier alpha value is -4.19. The predicted molar refractivity (Wildman–Crippen MR) is 382 cm³/mol. The zero-order valence-corrected chi connectivity index (χ0v) is 56.6. The molecule has 506 valence electrons. The first kappa shape index (κ1) is 82.8. The second kappa shape index (κ2) is 66.7. The van der Waals surface area contributed by atoms with Gasteiger partial charge in [-0.05, 0) is 122 Å². The molecule has 0 aliphatic carbocycles. The minimum absolute atomic E-state index is 0.234. The van der Waals surface area contributed by atoms with Crippen LogP contribution in [0.2, 0.25) is 0 Å². The zero-order valence-electron chi connectivity index (χ0n) is 56.6. The Labute approximate surface area is 546 Å². The summed E-state index contributed by atoms with van der Waals surface area (Å²) < 4.78 is 11.3. The molecule has 89 heavy (non-hydrogen) atoms. The number of nitrogens with one attached hydrogen (secondary N) is 1. The number of ether oxygens (including phenoxy) is 2. The summed E-state index contributed by atoms with van der Waals surface area (Å²) in [5.74, 6) is -0.238. The molecule has 1 amide bonds. The Morgan fingerprint density at radius 2 is 0.708 bits per heavy atom. The van der Waals surface area contributed by atoms with Gasteiger partial charge in [-0.15, -0.1) is 0 Å². The molecule has 0 aromatic carbocycles. The maximum Gasteiger partial charge on any atom is 0.220 e. The Balaban J connectivity index is 2.23. The summed E-state index contributed by atoms with van der Waals surface area (Å²) in [5.41, 5.74) is 0. The van der Waals surface area contributed by atoms with Gasteiger partial charge in [-0.25, -0.2) is 0 Å². The van der Waals surface area contributed by atoms with Crippen LogP contribution in [-0.2, 0) is 14.3 Å². The molecule has 9 heteroatoms. The fourth-order valence-electron chi connectivity index (χ4n) is 10.5. The van der Waals surface area contributed by atoms with E-state index in [1.54, 1.807) is 6.08 Å². The van der Waals surface area contributed by atoms with Gasteiger partial charge in [0.1, 0.15) is 24.4 Å². The standard InChI is InChI=1S/C80H133NO8/c1-3-5-7-9-11-13-15-17-19-21-23-25-27-29-31-33-35-37-39-41-43-45-47-49-51-53-55-57-59-61-63-65-67-69-74(83)73(72-88-80-79(87)78(86)77(85)75(71-82)89-80)81-76(84)70-68-66-64-62-60-58-56-54-52-50-48-46-44-42-40-38-36-34-32-30-28-26-24-22-20-18-16-14-12-10-8-6-4-2/h6,8,12,14,18,20,24,26,30,32,36,38,42,44,48,50-51,53-54,56,59-62,67,69,73-75,77-80,82-83,85-87H,3-5,7,9-11,13,15-17,19,21-23,25,27-29,31,33-35,37,39-41,43,45-47,49,52,55,57-58,63-66,68,70-72H2,1-2H3,(H,81,84)/b8-6-,14-12-,20-18-,26-24-,32-30-,38-36-,44-42-,50-48-,53-51+,56-54-,61-59+,62-60-,69-67+. The van der Waals surface area contributed by atoms with Gasteiger partial charge in [0, 0.05) is 6.42 Å². The molecule has 1 saturated heterocycles. The number of aliphatic hydroxyl groups excluding tert-OH is 5. The summed E-state index contributed by atoms with van der Waals surface area (Å²) in [6.07, 6.45) is 97.9. The second-order valence-electron chi connectivity index (χ2n) is 24.3. The van der Waals surface area contributed by atoms with E-state index in [2.05, 4.69) is 165 Å². The highest BCUT2D eigenvalue weighted by atomic mass is 16.7. The van der Waals surface area contributed by atoms with E-state index >= 15 is 0 Å². The molecule has 1 rings (SSSR count). The van der Waals surface area contributed by atoms with Crippen molar-refractivity contribution in [3.8, 4) is 0 Å². The number of amides is 1. The van der Waals surface area contributed by atoms with E-state index in [1.165, 1.54) is 148 Å². The van der Waals surface area contributed by atoms with Gasteiger partial charge in [-0.2, -0.15) is 0 Å². The van der Waals surface area contributed by atoms with E-state index < -0.39 is 49.5 Å². The molecule has 6 N–H and O–H groups in total. The molecule has 0 spiro atoms. The molecule has 0 aromatic heterocycles. The average molecular weight is 1240 g/mol. The van der Waals surface area contributed by atoms with Crippen LogP contribution < -0.4 is 5.32 Å². The van der Waals surface area contributed by atoms with E-state index in [1.807, 2.05) is 6.08 Å². The van der Waals surface area contributed by atoms with Gasteiger partial charge in [0.2, 0.25) is 5.91 Å². The molecule has 1 aliphatic rings. The third-order valence-electron chi connectivity index (χ3n) is 16.1. The average Bonchev–Trinajstić information content (AvgIpc) is 2.28. The Bertz CT molecular complexity index is 1970. The Morgan fingerprint density at radius 1 is 0.393 bits per heavy atom.